The molecule has 96 valence electrons. The maximum absolute atomic E-state index is 12.9. The lowest BCUT2D eigenvalue weighted by atomic mass is 10.2. The average Bonchev–Trinajstić information content (AvgIpc) is 2.47. The van der Waals surface area contributed by atoms with Gasteiger partial charge in [-0.05, 0) is 24.3 Å². The Hall–Kier alpha value is -2.70. The van der Waals surface area contributed by atoms with E-state index in [1.165, 1.54) is 19.2 Å². The molecule has 2 N–H and O–H groups in total. The van der Waals surface area contributed by atoms with Gasteiger partial charge in [-0.2, -0.15) is 4.98 Å². The van der Waals surface area contributed by atoms with Crippen LogP contribution in [0.25, 0.3) is 0 Å². The lowest BCUT2D eigenvalue weighted by molar-refractivity contribution is 0.380. The highest BCUT2D eigenvalue weighted by Gasteiger charge is 2.15. The molecule has 19 heavy (non-hydrogen) atoms. The van der Waals surface area contributed by atoms with E-state index in [2.05, 4.69) is 25.8 Å². The predicted molar refractivity (Wildman–Crippen MR) is 67.9 cm³/mol. The fourth-order valence-corrected chi connectivity index (χ4v) is 1.64. The Labute approximate surface area is 108 Å². The summed E-state index contributed by atoms with van der Waals surface area (Å²) in [6.07, 6.45) is 1.55. The van der Waals surface area contributed by atoms with Crippen molar-refractivity contribution < 1.29 is 9.13 Å². The number of amidine groups is 1. The maximum Gasteiger partial charge on any atom is 0.318 e. The van der Waals surface area contributed by atoms with Crippen molar-refractivity contribution in [1.82, 2.24) is 15.4 Å². The summed E-state index contributed by atoms with van der Waals surface area (Å²) < 4.78 is 17.8. The van der Waals surface area contributed by atoms with Crippen molar-refractivity contribution in [2.45, 2.75) is 0 Å². The Kier molecular flexibility index (Phi) is 2.71. The Morgan fingerprint density at radius 3 is 2.68 bits per heavy atom. The molecule has 0 spiro atoms. The van der Waals surface area contributed by atoms with Gasteiger partial charge in [-0.1, -0.05) is 0 Å². The van der Waals surface area contributed by atoms with Crippen LogP contribution in [-0.4, -0.2) is 22.9 Å². The molecule has 0 amide bonds. The number of nitrogens with one attached hydrogen (secondary N) is 2. The van der Waals surface area contributed by atoms with Crippen molar-refractivity contribution in [1.29, 1.82) is 0 Å². The standard InChI is InChI=1S/C12H10FN5O/c1-19-12-14-6-9-11(16-12)18-17-10(15-9)7-2-4-8(13)5-3-7/h2-6H,1H3,(H,15,17)(H,14,16,18). The lowest BCUT2D eigenvalue weighted by Gasteiger charge is -2.18. The summed E-state index contributed by atoms with van der Waals surface area (Å²) in [7, 11) is 1.49. The minimum atomic E-state index is -0.290. The van der Waals surface area contributed by atoms with Gasteiger partial charge < -0.3 is 4.74 Å². The van der Waals surface area contributed by atoms with E-state index in [0.29, 0.717) is 17.3 Å². The van der Waals surface area contributed by atoms with Crippen molar-refractivity contribution in [2.75, 3.05) is 12.5 Å². The molecule has 0 aliphatic carbocycles. The van der Waals surface area contributed by atoms with Gasteiger partial charge in [0.2, 0.25) is 0 Å². The number of halogens is 1. The largest absolute Gasteiger partial charge is 0.467 e. The van der Waals surface area contributed by atoms with Crippen LogP contribution in [0.15, 0.2) is 35.5 Å². The number of nitrogens with zero attached hydrogens (tertiary/aromatic N) is 3. The van der Waals surface area contributed by atoms with Gasteiger partial charge in [0.05, 0.1) is 13.3 Å². The number of aromatic nitrogens is 2. The zero-order valence-corrected chi connectivity index (χ0v) is 10.0. The summed E-state index contributed by atoms with van der Waals surface area (Å²) in [5, 5.41) is 0. The van der Waals surface area contributed by atoms with Crippen molar-refractivity contribution in [3.8, 4) is 6.01 Å². The summed E-state index contributed by atoms with van der Waals surface area (Å²) in [5.74, 6) is 0.806. The second-order valence-electron chi connectivity index (χ2n) is 3.81. The second-order valence-corrected chi connectivity index (χ2v) is 3.81. The molecule has 0 atom stereocenters. The number of ether oxygens (including phenoxy) is 1. The summed E-state index contributed by atoms with van der Waals surface area (Å²) in [5.41, 5.74) is 7.13. The fraction of sp³-hybridized carbons (Fsp3) is 0.0833. The molecule has 6 nitrogen and oxygen atoms in total. The number of rotatable bonds is 2. The van der Waals surface area contributed by atoms with Crippen molar-refractivity contribution in [3.63, 3.8) is 0 Å². The SMILES string of the molecule is COc1ncc2c(n1)NNC(c1ccc(F)cc1)=N2. The van der Waals surface area contributed by atoms with E-state index in [1.54, 1.807) is 18.3 Å². The van der Waals surface area contributed by atoms with Crippen LogP contribution in [0.4, 0.5) is 15.9 Å². The van der Waals surface area contributed by atoms with Crippen LogP contribution in [0.3, 0.4) is 0 Å². The van der Waals surface area contributed by atoms with Gasteiger partial charge in [-0.15, -0.1) is 0 Å². The Morgan fingerprint density at radius 2 is 1.95 bits per heavy atom. The van der Waals surface area contributed by atoms with E-state index in [1.807, 2.05) is 0 Å². The number of methoxy groups -OCH3 is 1. The zero-order valence-electron chi connectivity index (χ0n) is 10.0. The summed E-state index contributed by atoms with van der Waals surface area (Å²) >= 11 is 0. The van der Waals surface area contributed by atoms with Crippen LogP contribution in [0, 0.1) is 5.82 Å². The normalized spacial score (nSPS) is 12.8. The van der Waals surface area contributed by atoms with Crippen LogP contribution in [0.2, 0.25) is 0 Å². The first kappa shape index (κ1) is 11.4. The van der Waals surface area contributed by atoms with Gasteiger partial charge in [0.25, 0.3) is 0 Å². The number of fused-ring (bicyclic) bond motifs is 1. The number of hydrogen-bond donors (Lipinski definition) is 2. The minimum absolute atomic E-state index is 0.258. The van der Waals surface area contributed by atoms with Gasteiger partial charge in [-0.3, -0.25) is 10.9 Å². The molecule has 0 fully saturated rings. The Balaban J connectivity index is 1.97. The highest BCUT2D eigenvalue weighted by atomic mass is 19.1. The molecule has 3 rings (SSSR count). The predicted octanol–water partition coefficient (Wildman–Crippen LogP) is 1.63. The van der Waals surface area contributed by atoms with Gasteiger partial charge in [0, 0.05) is 5.56 Å². The number of hydrogen-bond acceptors (Lipinski definition) is 6. The van der Waals surface area contributed by atoms with Crippen molar-refractivity contribution >= 4 is 17.3 Å². The number of anilines is 1. The van der Waals surface area contributed by atoms with Gasteiger partial charge in [0.1, 0.15) is 11.5 Å². The first-order chi connectivity index (χ1) is 9.26. The highest BCUT2D eigenvalue weighted by molar-refractivity contribution is 6.02. The molecule has 7 heteroatoms. The Morgan fingerprint density at radius 1 is 1.16 bits per heavy atom. The first-order valence-corrected chi connectivity index (χ1v) is 5.54. The first-order valence-electron chi connectivity index (χ1n) is 5.54. The third-order valence-electron chi connectivity index (χ3n) is 2.58. The summed E-state index contributed by atoms with van der Waals surface area (Å²) in [6, 6.07) is 6.28. The van der Waals surface area contributed by atoms with Crippen molar-refractivity contribution in [3.05, 3.63) is 41.8 Å². The van der Waals surface area contributed by atoms with E-state index in [9.17, 15) is 4.39 Å². The van der Waals surface area contributed by atoms with Gasteiger partial charge in [-0.25, -0.2) is 14.4 Å². The van der Waals surface area contributed by atoms with Gasteiger partial charge >= 0.3 is 6.01 Å². The quantitative estimate of drug-likeness (QED) is 0.857. The fourth-order valence-electron chi connectivity index (χ4n) is 1.64. The van der Waals surface area contributed by atoms with E-state index < -0.39 is 0 Å². The second kappa shape index (κ2) is 4.52. The molecule has 2 aromatic rings. The van der Waals surface area contributed by atoms with Crippen LogP contribution < -0.4 is 15.6 Å². The number of aliphatic imine (C=N–C) groups is 1. The molecule has 1 aliphatic heterocycles. The zero-order chi connectivity index (χ0) is 13.2. The van der Waals surface area contributed by atoms with Crippen LogP contribution in [0.1, 0.15) is 5.56 Å². The molecular formula is C12H10FN5O. The molecule has 0 saturated heterocycles. The summed E-state index contributed by atoms with van der Waals surface area (Å²) in [6.45, 7) is 0. The highest BCUT2D eigenvalue weighted by Crippen LogP contribution is 2.26. The number of hydrazine groups is 1. The molecule has 2 heterocycles. The smallest absolute Gasteiger partial charge is 0.318 e. The number of benzene rings is 1. The lowest BCUT2D eigenvalue weighted by Crippen LogP contribution is -2.33. The minimum Gasteiger partial charge on any atom is -0.467 e. The van der Waals surface area contributed by atoms with Crippen molar-refractivity contribution in [2.24, 2.45) is 4.99 Å². The average molecular weight is 259 g/mol. The van der Waals surface area contributed by atoms with Crippen LogP contribution in [-0.2, 0) is 0 Å². The molecule has 0 bridgehead atoms. The third kappa shape index (κ3) is 2.17. The topological polar surface area (TPSA) is 71.4 Å². The molecule has 1 aromatic carbocycles. The van der Waals surface area contributed by atoms with Crippen LogP contribution in [0.5, 0.6) is 6.01 Å². The monoisotopic (exact) mass is 259 g/mol. The van der Waals surface area contributed by atoms with Crippen LogP contribution >= 0.6 is 0 Å². The van der Waals surface area contributed by atoms with E-state index in [0.717, 1.165) is 5.56 Å². The molecular weight excluding hydrogens is 249 g/mol. The van der Waals surface area contributed by atoms with E-state index >= 15 is 0 Å². The van der Waals surface area contributed by atoms with E-state index in [4.69, 9.17) is 4.74 Å². The summed E-state index contributed by atoms with van der Waals surface area (Å²) in [4.78, 5) is 12.4. The molecule has 0 saturated carbocycles. The molecule has 0 unspecified atom stereocenters. The van der Waals surface area contributed by atoms with Gasteiger partial charge in [0.15, 0.2) is 11.7 Å². The molecule has 1 aliphatic rings. The molecule has 1 aromatic heterocycles. The maximum atomic E-state index is 12.9. The third-order valence-corrected chi connectivity index (χ3v) is 2.58. The molecule has 0 radical (unpaired) electrons. The Bertz CT molecular complexity index is 641. The van der Waals surface area contributed by atoms with E-state index in [-0.39, 0.29) is 11.8 Å².